The van der Waals surface area contributed by atoms with Crippen molar-refractivity contribution >= 4 is 21.6 Å². The average molecular weight is 480 g/mol. The van der Waals surface area contributed by atoms with Crippen molar-refractivity contribution in [2.75, 3.05) is 11.3 Å². The van der Waals surface area contributed by atoms with E-state index in [9.17, 15) is 13.2 Å². The third kappa shape index (κ3) is 5.75. The Bertz CT molecular complexity index is 1220. The summed E-state index contributed by atoms with van der Waals surface area (Å²) in [5, 5.41) is 2.72. The molecule has 0 unspecified atom stereocenters. The Labute approximate surface area is 200 Å². The molecule has 3 aromatic rings. The van der Waals surface area contributed by atoms with Gasteiger partial charge in [0.2, 0.25) is 5.88 Å². The van der Waals surface area contributed by atoms with Crippen LogP contribution in [-0.2, 0) is 10.0 Å². The number of carbonyl (C=O) groups excluding carboxylic acids is 1. The minimum absolute atomic E-state index is 0.180. The SMILES string of the molecule is CCNC(=O)c1cccnc1Oc1ccc(NS(=O)(=O)c2ccc(C3CCCCC3)cc2)cc1. The lowest BCUT2D eigenvalue weighted by Gasteiger charge is -2.22. The molecule has 0 radical (unpaired) electrons. The third-order valence-corrected chi connectivity index (χ3v) is 7.34. The molecule has 1 aromatic heterocycles. The van der Waals surface area contributed by atoms with Crippen molar-refractivity contribution in [3.8, 4) is 11.6 Å². The average Bonchev–Trinajstić information content (AvgIpc) is 2.86. The summed E-state index contributed by atoms with van der Waals surface area (Å²) in [5.74, 6) is 0.868. The molecule has 0 atom stereocenters. The summed E-state index contributed by atoms with van der Waals surface area (Å²) < 4.78 is 34.1. The second-order valence-corrected chi connectivity index (χ2v) is 10.0. The summed E-state index contributed by atoms with van der Waals surface area (Å²) in [6.07, 6.45) is 7.64. The molecule has 0 aliphatic heterocycles. The summed E-state index contributed by atoms with van der Waals surface area (Å²) in [7, 11) is -3.71. The number of nitrogens with zero attached hydrogens (tertiary/aromatic N) is 1. The van der Waals surface area contributed by atoms with Crippen molar-refractivity contribution < 1.29 is 17.9 Å². The lowest BCUT2D eigenvalue weighted by Crippen LogP contribution is -2.23. The predicted octanol–water partition coefficient (Wildman–Crippen LogP) is 5.47. The number of sulfonamides is 1. The molecule has 2 N–H and O–H groups in total. The maximum Gasteiger partial charge on any atom is 0.261 e. The normalized spacial score (nSPS) is 14.4. The highest BCUT2D eigenvalue weighted by molar-refractivity contribution is 7.92. The van der Waals surface area contributed by atoms with Gasteiger partial charge < -0.3 is 10.1 Å². The lowest BCUT2D eigenvalue weighted by molar-refractivity contribution is 0.0953. The van der Waals surface area contributed by atoms with Crippen molar-refractivity contribution in [1.29, 1.82) is 0 Å². The van der Waals surface area contributed by atoms with Crippen molar-refractivity contribution in [3.63, 3.8) is 0 Å². The number of hydrogen-bond donors (Lipinski definition) is 2. The minimum atomic E-state index is -3.71. The fourth-order valence-corrected chi connectivity index (χ4v) is 5.23. The molecule has 0 saturated heterocycles. The third-order valence-electron chi connectivity index (χ3n) is 5.94. The zero-order valence-electron chi connectivity index (χ0n) is 19.2. The standard InChI is InChI=1S/C26H29N3O4S/c1-2-27-25(30)24-9-6-18-28-26(24)33-22-14-12-21(13-15-22)29-34(31,32)23-16-10-20(11-17-23)19-7-4-3-5-8-19/h6,9-19,29H,2-5,7-8H2,1H3,(H,27,30). The maximum absolute atomic E-state index is 12.8. The molecule has 4 rings (SSSR count). The number of hydrogen-bond acceptors (Lipinski definition) is 5. The van der Waals surface area contributed by atoms with Crippen LogP contribution in [0.1, 0.15) is 60.9 Å². The van der Waals surface area contributed by atoms with Crippen LogP contribution in [0.4, 0.5) is 5.69 Å². The first-order valence-electron chi connectivity index (χ1n) is 11.6. The lowest BCUT2D eigenvalue weighted by atomic mass is 9.84. The summed E-state index contributed by atoms with van der Waals surface area (Å²) in [6.45, 7) is 2.32. The Morgan fingerprint density at radius 1 is 1.00 bits per heavy atom. The Kier molecular flexibility index (Phi) is 7.47. The number of rotatable bonds is 8. The summed E-state index contributed by atoms with van der Waals surface area (Å²) >= 11 is 0. The van der Waals surface area contributed by atoms with E-state index in [-0.39, 0.29) is 16.7 Å². The zero-order chi connectivity index (χ0) is 24.0. The van der Waals surface area contributed by atoms with Crippen LogP contribution in [0.15, 0.2) is 71.8 Å². The first-order chi connectivity index (χ1) is 16.5. The Balaban J connectivity index is 1.43. The molecule has 0 bridgehead atoms. The van der Waals surface area contributed by atoms with Crippen LogP contribution in [0, 0.1) is 0 Å². The molecular weight excluding hydrogens is 450 g/mol. The van der Waals surface area contributed by atoms with Crippen LogP contribution >= 0.6 is 0 Å². The van der Waals surface area contributed by atoms with Crippen LogP contribution in [-0.4, -0.2) is 25.9 Å². The van der Waals surface area contributed by atoms with E-state index in [1.807, 2.05) is 19.1 Å². The largest absolute Gasteiger partial charge is 0.438 e. The first kappa shape index (κ1) is 23.8. The van der Waals surface area contributed by atoms with E-state index < -0.39 is 10.0 Å². The molecule has 8 heteroatoms. The van der Waals surface area contributed by atoms with Crippen molar-refractivity contribution in [3.05, 3.63) is 78.0 Å². The highest BCUT2D eigenvalue weighted by Crippen LogP contribution is 2.33. The number of nitrogens with one attached hydrogen (secondary N) is 2. The van der Waals surface area contributed by atoms with E-state index in [0.717, 1.165) is 0 Å². The van der Waals surface area contributed by atoms with Crippen molar-refractivity contribution in [1.82, 2.24) is 10.3 Å². The van der Waals surface area contributed by atoms with E-state index in [0.29, 0.717) is 29.5 Å². The van der Waals surface area contributed by atoms with Gasteiger partial charge >= 0.3 is 0 Å². The molecule has 7 nitrogen and oxygen atoms in total. The topological polar surface area (TPSA) is 97.4 Å². The Morgan fingerprint density at radius 3 is 2.38 bits per heavy atom. The van der Waals surface area contributed by atoms with Gasteiger partial charge in [0.25, 0.3) is 15.9 Å². The van der Waals surface area contributed by atoms with Crippen molar-refractivity contribution in [2.45, 2.75) is 49.8 Å². The fourth-order valence-electron chi connectivity index (χ4n) is 4.17. The molecule has 1 fully saturated rings. The van der Waals surface area contributed by atoms with E-state index in [4.69, 9.17) is 4.74 Å². The molecule has 1 aliphatic carbocycles. The summed E-state index contributed by atoms with van der Waals surface area (Å²) in [5.41, 5.74) is 1.95. The van der Waals surface area contributed by atoms with E-state index >= 15 is 0 Å². The van der Waals surface area contributed by atoms with E-state index in [1.165, 1.54) is 37.7 Å². The molecule has 34 heavy (non-hydrogen) atoms. The summed E-state index contributed by atoms with van der Waals surface area (Å²) in [6, 6.07) is 17.0. The van der Waals surface area contributed by atoms with Gasteiger partial charge in [0, 0.05) is 18.4 Å². The molecule has 1 heterocycles. The minimum Gasteiger partial charge on any atom is -0.438 e. The molecular formula is C26H29N3O4S. The number of carbonyl (C=O) groups is 1. The number of ether oxygens (including phenoxy) is 1. The second-order valence-electron chi connectivity index (χ2n) is 8.35. The number of benzene rings is 2. The van der Waals surface area contributed by atoms with Gasteiger partial charge in [0.1, 0.15) is 11.3 Å². The monoisotopic (exact) mass is 479 g/mol. The molecule has 1 saturated carbocycles. The van der Waals surface area contributed by atoms with Crippen molar-refractivity contribution in [2.24, 2.45) is 0 Å². The van der Waals surface area contributed by atoms with Gasteiger partial charge in [-0.25, -0.2) is 13.4 Å². The van der Waals surface area contributed by atoms with Crippen LogP contribution < -0.4 is 14.8 Å². The van der Waals surface area contributed by atoms with Gasteiger partial charge in [-0.3, -0.25) is 9.52 Å². The van der Waals surface area contributed by atoms with Gasteiger partial charge in [0.15, 0.2) is 0 Å². The Hall–Kier alpha value is -3.39. The first-order valence-corrected chi connectivity index (χ1v) is 13.1. The number of anilines is 1. The van der Waals surface area contributed by atoms with E-state index in [2.05, 4.69) is 15.0 Å². The van der Waals surface area contributed by atoms with E-state index in [1.54, 1.807) is 54.7 Å². The van der Waals surface area contributed by atoms with Gasteiger partial charge in [-0.05, 0) is 79.8 Å². The van der Waals surface area contributed by atoms with Gasteiger partial charge in [-0.15, -0.1) is 0 Å². The molecule has 1 amide bonds. The summed E-state index contributed by atoms with van der Waals surface area (Å²) in [4.78, 5) is 16.6. The number of aromatic nitrogens is 1. The zero-order valence-corrected chi connectivity index (χ0v) is 20.0. The highest BCUT2D eigenvalue weighted by atomic mass is 32.2. The maximum atomic E-state index is 12.8. The van der Waals surface area contributed by atoms with Gasteiger partial charge in [-0.1, -0.05) is 31.4 Å². The van der Waals surface area contributed by atoms with Crippen LogP contribution in [0.2, 0.25) is 0 Å². The smallest absolute Gasteiger partial charge is 0.261 e. The number of pyridine rings is 1. The van der Waals surface area contributed by atoms with Gasteiger partial charge in [-0.2, -0.15) is 0 Å². The highest BCUT2D eigenvalue weighted by Gasteiger charge is 2.19. The predicted molar refractivity (Wildman–Crippen MR) is 132 cm³/mol. The van der Waals surface area contributed by atoms with Crippen LogP contribution in [0.25, 0.3) is 0 Å². The van der Waals surface area contributed by atoms with Crippen LogP contribution in [0.3, 0.4) is 0 Å². The molecule has 1 aliphatic rings. The van der Waals surface area contributed by atoms with Crippen LogP contribution in [0.5, 0.6) is 11.6 Å². The number of amides is 1. The quantitative estimate of drug-likeness (QED) is 0.446. The fraction of sp³-hybridized carbons (Fsp3) is 0.308. The van der Waals surface area contributed by atoms with Gasteiger partial charge in [0.05, 0.1) is 4.90 Å². The Morgan fingerprint density at radius 2 is 1.71 bits per heavy atom. The molecule has 178 valence electrons. The molecule has 0 spiro atoms. The second kappa shape index (κ2) is 10.7. The molecule has 2 aromatic carbocycles.